The molecule has 0 bridgehead atoms. The standard InChI is InChI=1S/C23H24BrN5O5/c1-21(2,3)34-20(31)28-19-29-23(12-33-19)15-8-14(4-5-16(15)32-11-22(23)6-7-22)27-18(30)17-25-9-13(24)10-26-17/h4-5,8-10H,6-7,11-12H2,1-3H3,(H,27,30)(H,28,29,31). The van der Waals surface area contributed by atoms with Gasteiger partial charge in [0.1, 0.15) is 23.5 Å². The van der Waals surface area contributed by atoms with Crippen molar-refractivity contribution in [1.82, 2.24) is 15.3 Å². The summed E-state index contributed by atoms with van der Waals surface area (Å²) >= 11 is 3.26. The van der Waals surface area contributed by atoms with Crippen LogP contribution in [0.2, 0.25) is 0 Å². The molecule has 1 aliphatic carbocycles. The molecule has 1 aromatic heterocycles. The van der Waals surface area contributed by atoms with Crippen LogP contribution in [0.1, 0.15) is 49.8 Å². The molecule has 3 aliphatic rings. The Balaban J connectivity index is 1.44. The summed E-state index contributed by atoms with van der Waals surface area (Å²) in [4.78, 5) is 37.8. The molecule has 1 fully saturated rings. The molecule has 2 spiro atoms. The van der Waals surface area contributed by atoms with E-state index in [1.54, 1.807) is 32.9 Å². The van der Waals surface area contributed by atoms with E-state index in [1.807, 2.05) is 6.07 Å². The van der Waals surface area contributed by atoms with Crippen molar-refractivity contribution in [3.8, 4) is 5.75 Å². The average molecular weight is 530 g/mol. The lowest BCUT2D eigenvalue weighted by Gasteiger charge is -2.39. The van der Waals surface area contributed by atoms with Gasteiger partial charge in [-0.3, -0.25) is 4.79 Å². The van der Waals surface area contributed by atoms with Crippen LogP contribution in [0.3, 0.4) is 0 Å². The van der Waals surface area contributed by atoms with E-state index in [-0.39, 0.29) is 23.9 Å². The second-order valence-electron chi connectivity index (χ2n) is 9.65. The van der Waals surface area contributed by atoms with Gasteiger partial charge in [0.2, 0.25) is 5.82 Å². The molecule has 2 aromatic rings. The number of benzene rings is 1. The zero-order valence-corrected chi connectivity index (χ0v) is 20.6. The molecule has 1 atom stereocenters. The van der Waals surface area contributed by atoms with Crippen LogP contribution in [0.4, 0.5) is 10.5 Å². The minimum Gasteiger partial charge on any atom is -0.493 e. The molecule has 0 radical (unpaired) electrons. The summed E-state index contributed by atoms with van der Waals surface area (Å²) in [5.41, 5.74) is -0.254. The number of halogens is 1. The van der Waals surface area contributed by atoms with Gasteiger partial charge in [0.25, 0.3) is 11.9 Å². The fourth-order valence-electron chi connectivity index (χ4n) is 4.28. The van der Waals surface area contributed by atoms with E-state index in [0.29, 0.717) is 22.5 Å². The number of alkyl carbamates (subject to hydrolysis) is 1. The zero-order chi connectivity index (χ0) is 24.1. The third-order valence-corrected chi connectivity index (χ3v) is 6.47. The van der Waals surface area contributed by atoms with Crippen LogP contribution in [0, 0.1) is 5.41 Å². The van der Waals surface area contributed by atoms with E-state index in [2.05, 4.69) is 36.5 Å². The van der Waals surface area contributed by atoms with Gasteiger partial charge < -0.3 is 19.5 Å². The molecule has 2 N–H and O–H groups in total. The molecule has 2 aliphatic heterocycles. The van der Waals surface area contributed by atoms with E-state index >= 15 is 0 Å². The van der Waals surface area contributed by atoms with Gasteiger partial charge in [-0.15, -0.1) is 0 Å². The normalized spacial score (nSPS) is 21.7. The summed E-state index contributed by atoms with van der Waals surface area (Å²) in [5.74, 6) is 0.288. The molecule has 1 unspecified atom stereocenters. The quantitative estimate of drug-likeness (QED) is 0.606. The highest BCUT2D eigenvalue weighted by atomic mass is 79.9. The van der Waals surface area contributed by atoms with Crippen LogP contribution in [0.25, 0.3) is 0 Å². The smallest absolute Gasteiger partial charge is 0.415 e. The molecule has 10 nitrogen and oxygen atoms in total. The Labute approximate surface area is 204 Å². The van der Waals surface area contributed by atoms with E-state index in [1.165, 1.54) is 12.4 Å². The van der Waals surface area contributed by atoms with Crippen molar-refractivity contribution < 1.29 is 23.8 Å². The van der Waals surface area contributed by atoms with Crippen LogP contribution >= 0.6 is 15.9 Å². The topological polar surface area (TPSA) is 124 Å². The van der Waals surface area contributed by atoms with Gasteiger partial charge in [-0.2, -0.15) is 0 Å². The molecule has 5 rings (SSSR count). The van der Waals surface area contributed by atoms with Gasteiger partial charge >= 0.3 is 6.09 Å². The predicted molar refractivity (Wildman–Crippen MR) is 126 cm³/mol. The van der Waals surface area contributed by atoms with Crippen LogP contribution in [0.15, 0.2) is 40.1 Å². The SMILES string of the molecule is CC(C)(C)OC(=O)NC1=NC2(CO1)c1cc(NC(=O)c3ncc(Br)cn3)ccc1OCC21CC1. The van der Waals surface area contributed by atoms with Gasteiger partial charge in [-0.25, -0.2) is 25.1 Å². The third kappa shape index (κ3) is 4.08. The number of hydrogen-bond donors (Lipinski definition) is 2. The van der Waals surface area contributed by atoms with Crippen LogP contribution in [0.5, 0.6) is 5.75 Å². The molecule has 2 amide bonds. The molecular formula is C23H24BrN5O5. The Bertz CT molecular complexity index is 1190. The summed E-state index contributed by atoms with van der Waals surface area (Å²) in [6, 6.07) is 5.52. The zero-order valence-electron chi connectivity index (χ0n) is 19.0. The van der Waals surface area contributed by atoms with Crippen molar-refractivity contribution in [3.63, 3.8) is 0 Å². The number of carbonyl (C=O) groups excluding carboxylic acids is 2. The van der Waals surface area contributed by atoms with Crippen molar-refractivity contribution >= 4 is 39.6 Å². The molecule has 1 saturated carbocycles. The van der Waals surface area contributed by atoms with Gasteiger partial charge in [-0.1, -0.05) is 0 Å². The third-order valence-electron chi connectivity index (χ3n) is 6.06. The van der Waals surface area contributed by atoms with Crippen molar-refractivity contribution in [2.75, 3.05) is 18.5 Å². The number of hydrogen-bond acceptors (Lipinski definition) is 8. The highest BCUT2D eigenvalue weighted by Crippen LogP contribution is 2.65. The highest BCUT2D eigenvalue weighted by molar-refractivity contribution is 9.10. The predicted octanol–water partition coefficient (Wildman–Crippen LogP) is 3.77. The summed E-state index contributed by atoms with van der Waals surface area (Å²) in [5, 5.41) is 5.45. The van der Waals surface area contributed by atoms with E-state index in [4.69, 9.17) is 19.2 Å². The largest absolute Gasteiger partial charge is 0.493 e. The Hall–Kier alpha value is -3.21. The number of rotatable bonds is 2. The van der Waals surface area contributed by atoms with Crippen LogP contribution in [-0.4, -0.2) is 46.8 Å². The maximum atomic E-state index is 12.6. The molecule has 3 heterocycles. The van der Waals surface area contributed by atoms with Crippen LogP contribution < -0.4 is 15.4 Å². The number of amidine groups is 1. The maximum absolute atomic E-state index is 12.6. The number of nitrogens with zero attached hydrogens (tertiary/aromatic N) is 3. The first-order valence-corrected chi connectivity index (χ1v) is 11.7. The van der Waals surface area contributed by atoms with Crippen molar-refractivity contribution in [2.45, 2.75) is 44.8 Å². The monoisotopic (exact) mass is 529 g/mol. The van der Waals surface area contributed by atoms with Gasteiger partial charge in [0.05, 0.1) is 11.1 Å². The second-order valence-corrected chi connectivity index (χ2v) is 10.6. The molecule has 0 saturated heterocycles. The first-order valence-electron chi connectivity index (χ1n) is 10.9. The van der Waals surface area contributed by atoms with Crippen molar-refractivity contribution in [2.24, 2.45) is 10.4 Å². The molecule has 178 valence electrons. The van der Waals surface area contributed by atoms with E-state index in [0.717, 1.165) is 18.4 Å². The number of aromatic nitrogens is 2. The number of carbonyl (C=O) groups is 2. The number of nitrogens with one attached hydrogen (secondary N) is 2. The minimum atomic E-state index is -0.736. The Morgan fingerprint density at radius 3 is 2.50 bits per heavy atom. The van der Waals surface area contributed by atoms with Gasteiger partial charge in [0.15, 0.2) is 0 Å². The van der Waals surface area contributed by atoms with Crippen LogP contribution in [-0.2, 0) is 15.0 Å². The van der Waals surface area contributed by atoms with Gasteiger partial charge in [0, 0.05) is 29.1 Å². The first-order chi connectivity index (χ1) is 16.1. The lowest BCUT2D eigenvalue weighted by molar-refractivity contribution is 0.0546. The molecular weight excluding hydrogens is 506 g/mol. The number of ether oxygens (including phenoxy) is 3. The number of aliphatic imine (C=N–C) groups is 1. The minimum absolute atomic E-state index is 0.0524. The fourth-order valence-corrected chi connectivity index (χ4v) is 4.48. The maximum Gasteiger partial charge on any atom is 0.415 e. The van der Waals surface area contributed by atoms with Crippen molar-refractivity contribution in [1.29, 1.82) is 0 Å². The summed E-state index contributed by atoms with van der Waals surface area (Å²) in [6.45, 7) is 6.12. The Morgan fingerprint density at radius 2 is 1.82 bits per heavy atom. The summed E-state index contributed by atoms with van der Waals surface area (Å²) < 4.78 is 17.9. The van der Waals surface area contributed by atoms with E-state index in [9.17, 15) is 9.59 Å². The summed E-state index contributed by atoms with van der Waals surface area (Å²) in [7, 11) is 0. The highest BCUT2D eigenvalue weighted by Gasteiger charge is 2.66. The molecule has 34 heavy (non-hydrogen) atoms. The summed E-state index contributed by atoms with van der Waals surface area (Å²) in [6.07, 6.45) is 4.23. The lowest BCUT2D eigenvalue weighted by Crippen LogP contribution is -2.44. The second kappa shape index (κ2) is 7.93. The Kier molecular flexibility index (Phi) is 5.27. The van der Waals surface area contributed by atoms with Crippen molar-refractivity contribution in [3.05, 3.63) is 46.5 Å². The van der Waals surface area contributed by atoms with E-state index < -0.39 is 23.1 Å². The first kappa shape index (κ1) is 22.6. The lowest BCUT2D eigenvalue weighted by atomic mass is 9.74. The molecule has 1 aromatic carbocycles. The average Bonchev–Trinajstić information content (AvgIpc) is 3.44. The van der Waals surface area contributed by atoms with Gasteiger partial charge in [-0.05, 0) is 67.7 Å². The number of amides is 2. The number of anilines is 1. The number of fused-ring (bicyclic) bond motifs is 3. The Morgan fingerprint density at radius 1 is 1.09 bits per heavy atom. The molecule has 11 heteroatoms. The fraction of sp³-hybridized carbons (Fsp3) is 0.435.